The lowest BCUT2D eigenvalue weighted by Gasteiger charge is -2.16. The minimum atomic E-state index is -0.191. The summed E-state index contributed by atoms with van der Waals surface area (Å²) in [5.74, 6) is 2.42. The van der Waals surface area contributed by atoms with Gasteiger partial charge < -0.3 is 34.6 Å². The summed E-state index contributed by atoms with van der Waals surface area (Å²) in [6.07, 6.45) is 11.0. The molecule has 2 aromatic heterocycles. The van der Waals surface area contributed by atoms with Gasteiger partial charge in [0.1, 0.15) is 5.01 Å². The number of carbonyl (C=O) groups excluding carboxylic acids is 2. The van der Waals surface area contributed by atoms with E-state index in [1.807, 2.05) is 18.2 Å². The fourth-order valence-corrected chi connectivity index (χ4v) is 5.13. The summed E-state index contributed by atoms with van der Waals surface area (Å²) in [4.78, 5) is 24.5. The number of H-pyrrole nitrogens is 1. The lowest BCUT2D eigenvalue weighted by atomic mass is 9.94. The number of aromatic nitrogens is 3. The molecule has 0 radical (unpaired) electrons. The van der Waals surface area contributed by atoms with E-state index in [1.54, 1.807) is 0 Å². The standard InChI is InChI=1S/C24H25N5O2S2.HI/c1-2-13-29-19-6-4-3-5-16(19)14-17-15-18(7-8-20(17)29)26-22(31)10-9-21(30)25-12-11-23-27-28-24(32)33-23;/h1,7-8,14-15H,3-6,9-13H2,(H2-,25,26,28,30,31,32);1H. The van der Waals surface area contributed by atoms with Crippen molar-refractivity contribution in [3.63, 3.8) is 0 Å². The molecule has 1 aliphatic carbocycles. The number of aryl methyl sites for hydroxylation is 1. The predicted octanol–water partition coefficient (Wildman–Crippen LogP) is 0.235. The van der Waals surface area contributed by atoms with Gasteiger partial charge in [-0.1, -0.05) is 11.3 Å². The largest absolute Gasteiger partial charge is 1.00 e. The molecule has 7 nitrogen and oxygen atoms in total. The highest BCUT2D eigenvalue weighted by atomic mass is 127. The number of amides is 2. The molecule has 1 aromatic carbocycles. The van der Waals surface area contributed by atoms with E-state index in [0.717, 1.165) is 34.4 Å². The predicted molar refractivity (Wildman–Crippen MR) is 131 cm³/mol. The van der Waals surface area contributed by atoms with Crippen molar-refractivity contribution in [1.82, 2.24) is 15.5 Å². The Morgan fingerprint density at radius 3 is 2.76 bits per heavy atom. The van der Waals surface area contributed by atoms with Crippen LogP contribution in [0.25, 0.3) is 10.9 Å². The van der Waals surface area contributed by atoms with Crippen LogP contribution < -0.4 is 39.2 Å². The molecule has 2 heterocycles. The molecule has 2 amide bonds. The minimum Gasteiger partial charge on any atom is -1.00 e. The van der Waals surface area contributed by atoms with Gasteiger partial charge in [-0.15, -0.1) is 6.42 Å². The summed E-state index contributed by atoms with van der Waals surface area (Å²) in [6, 6.07) is 8.10. The van der Waals surface area contributed by atoms with Crippen molar-refractivity contribution in [2.24, 2.45) is 0 Å². The number of nitrogens with zero attached hydrogens (tertiary/aromatic N) is 2. The van der Waals surface area contributed by atoms with Crippen molar-refractivity contribution in [3.8, 4) is 12.3 Å². The van der Waals surface area contributed by atoms with Gasteiger partial charge in [-0.2, -0.15) is 9.67 Å². The molecule has 0 aliphatic heterocycles. The Labute approximate surface area is 224 Å². The number of terminal acetylenes is 1. The average molecular weight is 608 g/mol. The minimum absolute atomic E-state index is 0. The molecule has 0 unspecified atom stereocenters. The van der Waals surface area contributed by atoms with Gasteiger partial charge in [-0.3, -0.25) is 14.7 Å². The Bertz CT molecular complexity index is 1290. The van der Waals surface area contributed by atoms with E-state index in [2.05, 4.69) is 37.4 Å². The number of hydrogen-bond acceptors (Lipinski definition) is 5. The Balaban J connectivity index is 0.00000324. The highest BCUT2D eigenvalue weighted by Gasteiger charge is 2.23. The third-order valence-corrected chi connectivity index (χ3v) is 6.86. The SMILES string of the molecule is C#CC[n+]1c2c(cc3cc(NC(=O)CCC(=O)NCCc4n[nH]c(=S)s4)ccc31)CCCC2.[I-]. The lowest BCUT2D eigenvalue weighted by Crippen LogP contribution is -3.00. The molecule has 4 rings (SSSR count). The summed E-state index contributed by atoms with van der Waals surface area (Å²) < 4.78 is 2.84. The molecule has 1 aliphatic rings. The highest BCUT2D eigenvalue weighted by Crippen LogP contribution is 2.25. The van der Waals surface area contributed by atoms with Crippen LogP contribution >= 0.6 is 23.6 Å². The van der Waals surface area contributed by atoms with Crippen LogP contribution in [0.2, 0.25) is 0 Å². The molecular weight excluding hydrogens is 581 g/mol. The molecule has 0 saturated heterocycles. The van der Waals surface area contributed by atoms with Crippen LogP contribution in [-0.2, 0) is 35.4 Å². The zero-order chi connectivity index (χ0) is 23.2. The van der Waals surface area contributed by atoms with Crippen LogP contribution in [0.3, 0.4) is 0 Å². The Hall–Kier alpha value is -2.36. The normalized spacial score (nSPS) is 12.3. The summed E-state index contributed by atoms with van der Waals surface area (Å²) in [7, 11) is 0. The molecule has 3 aromatic rings. The van der Waals surface area contributed by atoms with Gasteiger partial charge in [-0.05, 0) is 55.6 Å². The van der Waals surface area contributed by atoms with Crippen LogP contribution in [0.15, 0.2) is 24.3 Å². The zero-order valence-electron chi connectivity index (χ0n) is 18.7. The van der Waals surface area contributed by atoms with Crippen LogP contribution in [0.1, 0.15) is 41.9 Å². The van der Waals surface area contributed by atoms with Crippen molar-refractivity contribution in [1.29, 1.82) is 0 Å². The van der Waals surface area contributed by atoms with Gasteiger partial charge in [0, 0.05) is 54.9 Å². The van der Waals surface area contributed by atoms with Crippen molar-refractivity contribution in [3.05, 3.63) is 44.5 Å². The molecular formula is C24H26IN5O2S2. The van der Waals surface area contributed by atoms with E-state index >= 15 is 0 Å². The van der Waals surface area contributed by atoms with E-state index in [4.69, 9.17) is 18.6 Å². The fraction of sp³-hybridized carbons (Fsp3) is 0.375. The maximum absolute atomic E-state index is 12.4. The molecule has 34 heavy (non-hydrogen) atoms. The second-order valence-corrected chi connectivity index (χ2v) is 9.79. The molecule has 3 N–H and O–H groups in total. The Morgan fingerprint density at radius 1 is 1.21 bits per heavy atom. The summed E-state index contributed by atoms with van der Waals surface area (Å²) in [5, 5.41) is 14.4. The number of carbonyl (C=O) groups is 2. The third kappa shape index (κ3) is 6.61. The van der Waals surface area contributed by atoms with E-state index in [1.165, 1.54) is 35.4 Å². The molecule has 0 bridgehead atoms. The van der Waals surface area contributed by atoms with E-state index in [0.29, 0.717) is 23.5 Å². The first-order valence-corrected chi connectivity index (χ1v) is 12.3. The van der Waals surface area contributed by atoms with Gasteiger partial charge in [0.15, 0.2) is 9.65 Å². The summed E-state index contributed by atoms with van der Waals surface area (Å²) in [6.45, 7) is 0.999. The van der Waals surface area contributed by atoms with Crippen LogP contribution in [0.5, 0.6) is 0 Å². The van der Waals surface area contributed by atoms with Crippen molar-refractivity contribution in [2.75, 3.05) is 11.9 Å². The number of rotatable bonds is 8. The maximum atomic E-state index is 12.4. The molecule has 178 valence electrons. The van der Waals surface area contributed by atoms with Crippen LogP contribution in [0.4, 0.5) is 5.69 Å². The smallest absolute Gasteiger partial charge is 0.224 e. The average Bonchev–Trinajstić information content (AvgIpc) is 3.22. The number of pyridine rings is 1. The van der Waals surface area contributed by atoms with Crippen molar-refractivity contribution in [2.45, 2.75) is 51.5 Å². The third-order valence-electron chi connectivity index (χ3n) is 5.71. The van der Waals surface area contributed by atoms with E-state index < -0.39 is 0 Å². The molecule has 10 heteroatoms. The number of fused-ring (bicyclic) bond motifs is 2. The first-order valence-electron chi connectivity index (χ1n) is 11.1. The number of anilines is 1. The fourth-order valence-electron chi connectivity index (χ4n) is 4.19. The molecule has 0 spiro atoms. The monoisotopic (exact) mass is 607 g/mol. The lowest BCUT2D eigenvalue weighted by molar-refractivity contribution is -0.667. The van der Waals surface area contributed by atoms with Gasteiger partial charge >= 0.3 is 0 Å². The van der Waals surface area contributed by atoms with Crippen molar-refractivity contribution < 1.29 is 38.1 Å². The first-order chi connectivity index (χ1) is 16.0. The second kappa shape index (κ2) is 12.4. The topological polar surface area (TPSA) is 90.8 Å². The number of hydrogen-bond donors (Lipinski definition) is 3. The van der Waals surface area contributed by atoms with Crippen molar-refractivity contribution >= 4 is 52.0 Å². The van der Waals surface area contributed by atoms with Gasteiger partial charge in [-0.25, -0.2) is 0 Å². The zero-order valence-corrected chi connectivity index (χ0v) is 22.4. The summed E-state index contributed by atoms with van der Waals surface area (Å²) in [5.41, 5.74) is 4.46. The maximum Gasteiger partial charge on any atom is 0.224 e. The Kier molecular flexibility index (Phi) is 9.55. The summed E-state index contributed by atoms with van der Waals surface area (Å²) >= 11 is 6.38. The van der Waals surface area contributed by atoms with Gasteiger partial charge in [0.05, 0.1) is 0 Å². The number of halogens is 1. The number of nitrogens with one attached hydrogen (secondary N) is 3. The number of aromatic amines is 1. The quantitative estimate of drug-likeness (QED) is 0.148. The van der Waals surface area contributed by atoms with Gasteiger partial charge in [0.25, 0.3) is 0 Å². The van der Waals surface area contributed by atoms with Gasteiger partial charge in [0.2, 0.25) is 23.9 Å². The molecule has 0 saturated carbocycles. The number of benzene rings is 1. The Morgan fingerprint density at radius 2 is 2.00 bits per heavy atom. The highest BCUT2D eigenvalue weighted by molar-refractivity contribution is 7.73. The van der Waals surface area contributed by atoms with E-state index in [9.17, 15) is 9.59 Å². The molecule has 0 atom stereocenters. The first kappa shape index (κ1) is 26.2. The van der Waals surface area contributed by atoms with E-state index in [-0.39, 0.29) is 48.6 Å². The molecule has 0 fully saturated rings. The van der Waals surface area contributed by atoms with Crippen LogP contribution in [0, 0.1) is 16.3 Å². The second-order valence-electron chi connectivity index (χ2n) is 8.04. The van der Waals surface area contributed by atoms with Crippen LogP contribution in [-0.4, -0.2) is 28.6 Å².